The zero-order chi connectivity index (χ0) is 20.5. The van der Waals surface area contributed by atoms with Crippen LogP contribution in [-0.2, 0) is 17.7 Å². The molecule has 0 saturated heterocycles. The van der Waals surface area contributed by atoms with Gasteiger partial charge in [-0.1, -0.05) is 12.1 Å². The van der Waals surface area contributed by atoms with Gasteiger partial charge in [-0.05, 0) is 41.4 Å². The third-order valence-electron chi connectivity index (χ3n) is 5.07. The van der Waals surface area contributed by atoms with Crippen LogP contribution >= 0.6 is 15.9 Å². The number of benzene rings is 1. The fourth-order valence-electron chi connectivity index (χ4n) is 3.67. The van der Waals surface area contributed by atoms with Crippen molar-refractivity contribution < 1.29 is 14.3 Å². The topological polar surface area (TPSA) is 103 Å². The average molecular weight is 460 g/mol. The molecule has 1 atom stereocenters. The molecular weight excluding hydrogens is 438 g/mol. The van der Waals surface area contributed by atoms with Crippen molar-refractivity contribution >= 4 is 38.6 Å². The number of ether oxygens (including phenoxy) is 1. The lowest BCUT2D eigenvalue weighted by molar-refractivity contribution is 0.0727. The van der Waals surface area contributed by atoms with Crippen LogP contribution in [-0.4, -0.2) is 58.2 Å². The number of hydrogen-bond donors (Lipinski definition) is 3. The van der Waals surface area contributed by atoms with E-state index in [1.165, 1.54) is 0 Å². The summed E-state index contributed by atoms with van der Waals surface area (Å²) in [5.74, 6) is -0.305. The van der Waals surface area contributed by atoms with Crippen LogP contribution in [0.2, 0.25) is 0 Å². The summed E-state index contributed by atoms with van der Waals surface area (Å²) in [7, 11) is 1.59. The Morgan fingerprint density at radius 3 is 3.00 bits per heavy atom. The highest BCUT2D eigenvalue weighted by molar-refractivity contribution is 9.10. The van der Waals surface area contributed by atoms with Crippen molar-refractivity contribution in [1.82, 2.24) is 25.4 Å². The van der Waals surface area contributed by atoms with Crippen LogP contribution < -0.4 is 5.32 Å². The number of H-pyrrole nitrogens is 2. The van der Waals surface area contributed by atoms with Crippen LogP contribution in [0.4, 0.5) is 0 Å². The second-order valence-electron chi connectivity index (χ2n) is 7.22. The minimum atomic E-state index is -0.229. The van der Waals surface area contributed by atoms with Crippen molar-refractivity contribution in [1.29, 1.82) is 0 Å². The Morgan fingerprint density at radius 2 is 2.24 bits per heavy atom. The van der Waals surface area contributed by atoms with E-state index < -0.39 is 0 Å². The number of fused-ring (bicyclic) bond motifs is 2. The van der Waals surface area contributed by atoms with Crippen molar-refractivity contribution in [3.8, 4) is 0 Å². The van der Waals surface area contributed by atoms with Gasteiger partial charge in [0.1, 0.15) is 5.69 Å². The lowest BCUT2D eigenvalue weighted by Gasteiger charge is -2.26. The van der Waals surface area contributed by atoms with Crippen LogP contribution in [0.5, 0.6) is 0 Å². The fourth-order valence-corrected chi connectivity index (χ4v) is 4.15. The molecule has 152 valence electrons. The maximum Gasteiger partial charge on any atom is 0.272 e. The van der Waals surface area contributed by atoms with Crippen molar-refractivity contribution in [2.45, 2.75) is 25.9 Å². The van der Waals surface area contributed by atoms with Gasteiger partial charge in [-0.15, -0.1) is 0 Å². The molecule has 1 aliphatic heterocycles. The third-order valence-corrected chi connectivity index (χ3v) is 5.73. The molecule has 0 aliphatic carbocycles. The number of nitrogens with zero attached hydrogens (tertiary/aromatic N) is 2. The van der Waals surface area contributed by atoms with Crippen LogP contribution in [0.1, 0.15) is 39.2 Å². The van der Waals surface area contributed by atoms with Crippen LogP contribution in [0, 0.1) is 0 Å². The number of methoxy groups -OCH3 is 1. The van der Waals surface area contributed by atoms with E-state index in [0.29, 0.717) is 37.5 Å². The number of halogens is 1. The van der Waals surface area contributed by atoms with E-state index in [4.69, 9.17) is 4.74 Å². The van der Waals surface area contributed by atoms with E-state index in [-0.39, 0.29) is 17.9 Å². The molecule has 4 rings (SSSR count). The van der Waals surface area contributed by atoms with Crippen molar-refractivity contribution in [3.05, 3.63) is 51.4 Å². The first kappa shape index (κ1) is 19.7. The number of carbonyl (C=O) groups excluding carboxylic acids is 2. The quantitative estimate of drug-likeness (QED) is 0.545. The van der Waals surface area contributed by atoms with Gasteiger partial charge in [0.15, 0.2) is 5.69 Å². The van der Waals surface area contributed by atoms with Crippen molar-refractivity contribution in [2.75, 3.05) is 20.3 Å². The summed E-state index contributed by atoms with van der Waals surface area (Å²) in [5.41, 5.74) is 3.51. The summed E-state index contributed by atoms with van der Waals surface area (Å²) in [6, 6.07) is 7.59. The molecule has 3 N–H and O–H groups in total. The number of amides is 2. The molecule has 2 amide bonds. The first-order chi connectivity index (χ1) is 14.0. The molecule has 1 aromatic carbocycles. The summed E-state index contributed by atoms with van der Waals surface area (Å²) < 4.78 is 5.97. The van der Waals surface area contributed by atoms with E-state index >= 15 is 0 Å². The highest BCUT2D eigenvalue weighted by Crippen LogP contribution is 2.26. The first-order valence-electron chi connectivity index (χ1n) is 9.40. The molecule has 9 heteroatoms. The summed E-state index contributed by atoms with van der Waals surface area (Å²) in [5, 5.41) is 11.0. The molecule has 3 aromatic rings. The zero-order valence-electron chi connectivity index (χ0n) is 16.2. The molecule has 3 heterocycles. The van der Waals surface area contributed by atoms with E-state index in [1.807, 2.05) is 31.2 Å². The second kappa shape index (κ2) is 8.00. The summed E-state index contributed by atoms with van der Waals surface area (Å²) >= 11 is 3.50. The Balaban J connectivity index is 1.50. The molecule has 0 saturated carbocycles. The Labute approximate surface area is 176 Å². The van der Waals surface area contributed by atoms with E-state index in [0.717, 1.165) is 26.6 Å². The molecule has 0 spiro atoms. The molecule has 29 heavy (non-hydrogen) atoms. The predicted molar refractivity (Wildman–Crippen MR) is 112 cm³/mol. The maximum absolute atomic E-state index is 13.0. The molecule has 0 bridgehead atoms. The van der Waals surface area contributed by atoms with Crippen LogP contribution in [0.3, 0.4) is 0 Å². The highest BCUT2D eigenvalue weighted by Gasteiger charge is 2.29. The van der Waals surface area contributed by atoms with E-state index in [1.54, 1.807) is 12.0 Å². The Morgan fingerprint density at radius 1 is 1.41 bits per heavy atom. The Hall–Kier alpha value is -2.65. The van der Waals surface area contributed by atoms with Gasteiger partial charge in [0.2, 0.25) is 0 Å². The molecule has 1 aliphatic rings. The number of hydrogen-bond acceptors (Lipinski definition) is 4. The van der Waals surface area contributed by atoms with Gasteiger partial charge >= 0.3 is 0 Å². The minimum Gasteiger partial charge on any atom is -0.383 e. The van der Waals surface area contributed by atoms with Crippen molar-refractivity contribution in [3.63, 3.8) is 0 Å². The largest absolute Gasteiger partial charge is 0.383 e. The predicted octanol–water partition coefficient (Wildman–Crippen LogP) is 2.62. The van der Waals surface area contributed by atoms with Gasteiger partial charge < -0.3 is 19.9 Å². The van der Waals surface area contributed by atoms with Crippen molar-refractivity contribution in [2.24, 2.45) is 0 Å². The first-order valence-corrected chi connectivity index (χ1v) is 10.2. The monoisotopic (exact) mass is 459 g/mol. The number of para-hydroxylation sites is 1. The van der Waals surface area contributed by atoms with Crippen LogP contribution in [0.25, 0.3) is 10.9 Å². The molecule has 0 fully saturated rings. The normalized spacial score (nSPS) is 14.7. The minimum absolute atomic E-state index is 0.0759. The lowest BCUT2D eigenvalue weighted by Crippen LogP contribution is -2.38. The number of carbonyl (C=O) groups is 2. The fraction of sp³-hybridized carbons (Fsp3) is 0.350. The lowest BCUT2D eigenvalue weighted by atomic mass is 10.0. The van der Waals surface area contributed by atoms with Gasteiger partial charge in [-0.2, -0.15) is 5.10 Å². The second-order valence-corrected chi connectivity index (χ2v) is 8.08. The van der Waals surface area contributed by atoms with Gasteiger partial charge in [0, 0.05) is 35.1 Å². The number of rotatable bonds is 5. The molecule has 2 aromatic heterocycles. The highest BCUT2D eigenvalue weighted by atomic mass is 79.9. The number of aromatic nitrogens is 3. The van der Waals surface area contributed by atoms with Gasteiger partial charge in [-0.3, -0.25) is 14.7 Å². The third kappa shape index (κ3) is 3.79. The summed E-state index contributed by atoms with van der Waals surface area (Å²) in [4.78, 5) is 30.5. The molecule has 1 unspecified atom stereocenters. The average Bonchev–Trinajstić information content (AvgIpc) is 3.32. The van der Waals surface area contributed by atoms with Crippen LogP contribution in [0.15, 0.2) is 28.7 Å². The molecule has 0 radical (unpaired) electrons. The molecular formula is C20H22BrN5O3. The number of aromatic amines is 2. The van der Waals surface area contributed by atoms with E-state index in [2.05, 4.69) is 36.4 Å². The summed E-state index contributed by atoms with van der Waals surface area (Å²) in [6.45, 7) is 3.22. The van der Waals surface area contributed by atoms with E-state index in [9.17, 15) is 9.59 Å². The number of nitrogens with one attached hydrogen (secondary N) is 3. The SMILES string of the molecule is COCC(C)NC(=O)c1n[nH]c2c1CCN(C(=O)c1cc3cccc(Br)c3[nH]1)C2. The maximum atomic E-state index is 13.0. The summed E-state index contributed by atoms with van der Waals surface area (Å²) in [6.07, 6.45) is 0.572. The standard InChI is InChI=1S/C20H22BrN5O3/c1-11(10-29-2)22-19(27)18-13-6-7-26(9-16(13)24-25-18)20(28)15-8-12-4-3-5-14(21)17(12)23-15/h3-5,8,11,23H,6-7,9-10H2,1-2H3,(H,22,27)(H,24,25). The Kier molecular flexibility index (Phi) is 5.42. The van der Waals surface area contributed by atoms with Gasteiger partial charge in [-0.25, -0.2) is 0 Å². The Bertz CT molecular complexity index is 1070. The molecule has 8 nitrogen and oxygen atoms in total. The smallest absolute Gasteiger partial charge is 0.272 e. The zero-order valence-corrected chi connectivity index (χ0v) is 17.8. The van der Waals surface area contributed by atoms with Gasteiger partial charge in [0.25, 0.3) is 11.8 Å². The van der Waals surface area contributed by atoms with Gasteiger partial charge in [0.05, 0.1) is 24.4 Å².